The van der Waals surface area contributed by atoms with Crippen molar-refractivity contribution < 1.29 is 0 Å². The molecular weight excluding hydrogens is 202 g/mol. The number of nitrogens with zero attached hydrogens (tertiary/aromatic N) is 5. The van der Waals surface area contributed by atoms with Crippen LogP contribution in [-0.2, 0) is 5.54 Å². The monoisotopic (exact) mass is 219 g/mol. The van der Waals surface area contributed by atoms with E-state index in [1.165, 1.54) is 0 Å². The van der Waals surface area contributed by atoms with E-state index >= 15 is 0 Å². The zero-order valence-electron chi connectivity index (χ0n) is 10.4. The third-order valence-corrected chi connectivity index (χ3v) is 1.91. The van der Waals surface area contributed by atoms with Crippen molar-refractivity contribution in [2.45, 2.75) is 26.3 Å². The Hall–Kier alpha value is -1.83. The van der Waals surface area contributed by atoms with E-state index in [9.17, 15) is 0 Å². The van der Waals surface area contributed by atoms with Gasteiger partial charge in [0.15, 0.2) is 5.82 Å². The van der Waals surface area contributed by atoms with Crippen molar-refractivity contribution >= 4 is 12.2 Å². The van der Waals surface area contributed by atoms with Crippen LogP contribution < -0.4 is 0 Å². The molecule has 0 aliphatic carbocycles. The third-order valence-electron chi connectivity index (χ3n) is 1.91. The molecule has 5 heteroatoms. The molecule has 0 unspecified atom stereocenters. The second kappa shape index (κ2) is 4.35. The van der Waals surface area contributed by atoms with E-state index in [4.69, 9.17) is 5.26 Å². The number of nitriles is 1. The van der Waals surface area contributed by atoms with E-state index < -0.39 is 0 Å². The van der Waals surface area contributed by atoms with E-state index in [2.05, 4.69) is 16.2 Å². The minimum atomic E-state index is -0.186. The van der Waals surface area contributed by atoms with Gasteiger partial charge in [-0.05, 0) is 20.8 Å². The highest BCUT2D eigenvalue weighted by Crippen LogP contribution is 2.25. The van der Waals surface area contributed by atoms with Crippen molar-refractivity contribution in [3.63, 3.8) is 0 Å². The average Bonchev–Trinajstić information content (AvgIpc) is 2.56. The minimum Gasteiger partial charge on any atom is -0.369 e. The Morgan fingerprint density at radius 3 is 2.56 bits per heavy atom. The molecule has 16 heavy (non-hydrogen) atoms. The van der Waals surface area contributed by atoms with Crippen LogP contribution in [0.15, 0.2) is 11.2 Å². The van der Waals surface area contributed by atoms with Gasteiger partial charge in [-0.2, -0.15) is 10.4 Å². The van der Waals surface area contributed by atoms with Crippen LogP contribution in [0.2, 0.25) is 0 Å². The zero-order valence-corrected chi connectivity index (χ0v) is 10.4. The van der Waals surface area contributed by atoms with E-state index in [-0.39, 0.29) is 5.54 Å². The first-order valence-corrected chi connectivity index (χ1v) is 5.05. The molecule has 0 aliphatic heterocycles. The molecule has 1 heterocycles. The van der Waals surface area contributed by atoms with E-state index in [0.29, 0.717) is 11.4 Å². The van der Waals surface area contributed by atoms with Crippen molar-refractivity contribution in [3.05, 3.63) is 11.8 Å². The SMILES string of the molecule is CN(C)C=Nc1c(C#N)cnn1C(C)(C)C. The van der Waals surface area contributed by atoms with Gasteiger partial charge in [0.2, 0.25) is 0 Å². The summed E-state index contributed by atoms with van der Waals surface area (Å²) in [5, 5.41) is 13.2. The summed E-state index contributed by atoms with van der Waals surface area (Å²) in [7, 11) is 3.76. The number of aromatic nitrogens is 2. The lowest BCUT2D eigenvalue weighted by atomic mass is 10.1. The van der Waals surface area contributed by atoms with Gasteiger partial charge < -0.3 is 4.90 Å². The Balaban J connectivity index is 3.23. The Morgan fingerprint density at radius 1 is 1.50 bits per heavy atom. The highest BCUT2D eigenvalue weighted by molar-refractivity contribution is 5.62. The smallest absolute Gasteiger partial charge is 0.170 e. The summed E-state index contributed by atoms with van der Waals surface area (Å²) < 4.78 is 1.76. The Kier molecular flexibility index (Phi) is 3.33. The molecule has 0 amide bonds. The normalized spacial score (nSPS) is 11.8. The molecule has 0 aromatic carbocycles. The molecule has 1 rings (SSSR count). The molecule has 1 aromatic rings. The van der Waals surface area contributed by atoms with Crippen molar-refractivity contribution in [3.8, 4) is 6.07 Å². The van der Waals surface area contributed by atoms with Crippen LogP contribution in [0.5, 0.6) is 0 Å². The third kappa shape index (κ3) is 2.60. The molecule has 0 atom stereocenters. The Morgan fingerprint density at radius 2 is 2.12 bits per heavy atom. The fourth-order valence-corrected chi connectivity index (χ4v) is 1.21. The van der Waals surface area contributed by atoms with Crippen LogP contribution in [-0.4, -0.2) is 35.1 Å². The molecule has 0 saturated carbocycles. The number of hydrogen-bond donors (Lipinski definition) is 0. The first-order chi connectivity index (χ1) is 7.36. The second-order valence-electron chi connectivity index (χ2n) is 4.78. The van der Waals surface area contributed by atoms with Gasteiger partial charge in [-0.3, -0.25) is 0 Å². The summed E-state index contributed by atoms with van der Waals surface area (Å²) in [6.07, 6.45) is 3.22. The van der Waals surface area contributed by atoms with Crippen LogP contribution in [0.4, 0.5) is 5.82 Å². The maximum absolute atomic E-state index is 8.97. The Labute approximate surface area is 96.0 Å². The lowest BCUT2D eigenvalue weighted by Gasteiger charge is -2.20. The Bertz CT molecular complexity index is 428. The second-order valence-corrected chi connectivity index (χ2v) is 4.78. The summed E-state index contributed by atoms with van der Waals surface area (Å²) >= 11 is 0. The van der Waals surface area contributed by atoms with Crippen LogP contribution in [0.1, 0.15) is 26.3 Å². The van der Waals surface area contributed by atoms with Gasteiger partial charge in [-0.1, -0.05) is 0 Å². The summed E-state index contributed by atoms with van der Waals surface area (Å²) in [5.41, 5.74) is 0.307. The lowest BCUT2D eigenvalue weighted by molar-refractivity contribution is 0.359. The predicted octanol–water partition coefficient (Wildman–Crippen LogP) is 1.73. The highest BCUT2D eigenvalue weighted by Gasteiger charge is 2.20. The average molecular weight is 219 g/mol. The van der Waals surface area contributed by atoms with Gasteiger partial charge >= 0.3 is 0 Å². The number of hydrogen-bond acceptors (Lipinski definition) is 3. The first-order valence-electron chi connectivity index (χ1n) is 5.05. The molecule has 0 spiro atoms. The van der Waals surface area contributed by atoms with Gasteiger partial charge in [0, 0.05) is 14.1 Å². The molecule has 0 saturated heterocycles. The van der Waals surface area contributed by atoms with Gasteiger partial charge in [0.1, 0.15) is 11.6 Å². The van der Waals surface area contributed by atoms with Gasteiger partial charge in [0.25, 0.3) is 0 Å². The number of aliphatic imine (C=N–C) groups is 1. The lowest BCUT2D eigenvalue weighted by Crippen LogP contribution is -2.23. The van der Waals surface area contributed by atoms with Crippen molar-refractivity contribution in [2.75, 3.05) is 14.1 Å². The first kappa shape index (κ1) is 12.2. The van der Waals surface area contributed by atoms with Gasteiger partial charge in [-0.25, -0.2) is 9.67 Å². The van der Waals surface area contributed by atoms with Crippen molar-refractivity contribution in [1.82, 2.24) is 14.7 Å². The molecule has 5 nitrogen and oxygen atoms in total. The molecule has 1 aromatic heterocycles. The standard InChI is InChI=1S/C11H17N5/c1-11(2,3)16-10(13-8-15(4)5)9(6-12)7-14-16/h7-8H,1-5H3. The molecule has 86 valence electrons. The largest absolute Gasteiger partial charge is 0.369 e. The van der Waals surface area contributed by atoms with Crippen molar-refractivity contribution in [1.29, 1.82) is 5.26 Å². The quantitative estimate of drug-likeness (QED) is 0.562. The number of rotatable bonds is 2. The van der Waals surface area contributed by atoms with Crippen LogP contribution in [0.25, 0.3) is 0 Å². The maximum atomic E-state index is 8.97. The summed E-state index contributed by atoms with van der Waals surface area (Å²) in [5.74, 6) is 0.601. The zero-order chi connectivity index (χ0) is 12.3. The summed E-state index contributed by atoms with van der Waals surface area (Å²) in [4.78, 5) is 6.10. The van der Waals surface area contributed by atoms with Crippen LogP contribution in [0.3, 0.4) is 0 Å². The highest BCUT2D eigenvalue weighted by atomic mass is 15.4. The van der Waals surface area contributed by atoms with Crippen LogP contribution in [0, 0.1) is 11.3 Å². The summed E-state index contributed by atoms with van der Waals surface area (Å²) in [6, 6.07) is 2.10. The maximum Gasteiger partial charge on any atom is 0.170 e. The predicted molar refractivity (Wildman–Crippen MR) is 63.8 cm³/mol. The fraction of sp³-hybridized carbons (Fsp3) is 0.545. The van der Waals surface area contributed by atoms with Crippen LogP contribution >= 0.6 is 0 Å². The van der Waals surface area contributed by atoms with Gasteiger partial charge in [-0.15, -0.1) is 0 Å². The molecule has 0 bridgehead atoms. The summed E-state index contributed by atoms with van der Waals surface area (Å²) in [6.45, 7) is 6.07. The molecular formula is C11H17N5. The van der Waals surface area contributed by atoms with E-state index in [0.717, 1.165) is 0 Å². The molecule has 0 radical (unpaired) electrons. The minimum absolute atomic E-state index is 0.186. The van der Waals surface area contributed by atoms with E-state index in [1.54, 1.807) is 17.2 Å². The molecule has 0 fully saturated rings. The van der Waals surface area contributed by atoms with Crippen molar-refractivity contribution in [2.24, 2.45) is 4.99 Å². The van der Waals surface area contributed by atoms with Gasteiger partial charge in [0.05, 0.1) is 18.1 Å². The fourth-order valence-electron chi connectivity index (χ4n) is 1.21. The molecule has 0 N–H and O–H groups in total. The molecule has 0 aliphatic rings. The van der Waals surface area contributed by atoms with E-state index in [1.807, 2.05) is 39.8 Å². The topological polar surface area (TPSA) is 57.2 Å².